The van der Waals surface area contributed by atoms with Gasteiger partial charge in [0.1, 0.15) is 11.6 Å². The molecule has 0 saturated heterocycles. The van der Waals surface area contributed by atoms with E-state index in [-0.39, 0.29) is 5.91 Å². The number of rotatable bonds is 6. The lowest BCUT2D eigenvalue weighted by molar-refractivity contribution is 0.102. The van der Waals surface area contributed by atoms with E-state index in [2.05, 4.69) is 20.6 Å². The Kier molecular flexibility index (Phi) is 5.89. The molecule has 0 aliphatic heterocycles. The minimum absolute atomic E-state index is 0.197. The van der Waals surface area contributed by atoms with Gasteiger partial charge in [-0.2, -0.15) is 0 Å². The van der Waals surface area contributed by atoms with Crippen LogP contribution in [0.15, 0.2) is 85.1 Å². The average Bonchev–Trinajstić information content (AvgIpc) is 2.80. The molecule has 1 amide bonds. The van der Waals surface area contributed by atoms with Crippen LogP contribution in [0.3, 0.4) is 0 Å². The summed E-state index contributed by atoms with van der Waals surface area (Å²) in [6.45, 7) is 2.04. The summed E-state index contributed by atoms with van der Waals surface area (Å²) in [4.78, 5) is 21.6. The molecule has 4 rings (SSSR count). The van der Waals surface area contributed by atoms with Crippen LogP contribution in [0, 0.1) is 6.92 Å². The van der Waals surface area contributed by atoms with E-state index in [9.17, 15) is 4.79 Å². The SMILES string of the molecule is COc1ccc(NC(=O)c2cccc(Nc3ccnc(-c4ccc(C)cc4)n3)c2)cc1. The Hall–Kier alpha value is -4.19. The highest BCUT2D eigenvalue weighted by atomic mass is 16.5. The Morgan fingerprint density at radius 1 is 0.903 bits per heavy atom. The number of ether oxygens (including phenoxy) is 1. The van der Waals surface area contributed by atoms with E-state index in [0.717, 1.165) is 17.0 Å². The lowest BCUT2D eigenvalue weighted by Gasteiger charge is -2.10. The number of hydrogen-bond donors (Lipinski definition) is 2. The number of aryl methyl sites for hydroxylation is 1. The largest absolute Gasteiger partial charge is 0.497 e. The second kappa shape index (κ2) is 9.09. The Morgan fingerprint density at radius 3 is 2.42 bits per heavy atom. The molecule has 0 aliphatic rings. The van der Waals surface area contributed by atoms with Crippen molar-refractivity contribution in [3.8, 4) is 17.1 Å². The van der Waals surface area contributed by atoms with Crippen molar-refractivity contribution in [3.63, 3.8) is 0 Å². The van der Waals surface area contributed by atoms with Crippen LogP contribution < -0.4 is 15.4 Å². The van der Waals surface area contributed by atoms with Crippen LogP contribution in [-0.2, 0) is 0 Å². The molecule has 0 saturated carbocycles. The van der Waals surface area contributed by atoms with Crippen LogP contribution in [0.4, 0.5) is 17.2 Å². The fourth-order valence-electron chi connectivity index (χ4n) is 3.03. The predicted octanol–water partition coefficient (Wildman–Crippen LogP) is 5.46. The van der Waals surface area contributed by atoms with Crippen molar-refractivity contribution >= 4 is 23.1 Å². The van der Waals surface area contributed by atoms with Gasteiger partial charge in [0.2, 0.25) is 0 Å². The molecule has 0 unspecified atom stereocenters. The molecule has 0 aliphatic carbocycles. The summed E-state index contributed by atoms with van der Waals surface area (Å²) in [5, 5.41) is 6.14. The van der Waals surface area contributed by atoms with Gasteiger partial charge in [-0.15, -0.1) is 0 Å². The third-order valence-electron chi connectivity index (χ3n) is 4.71. The number of amides is 1. The maximum atomic E-state index is 12.6. The molecule has 31 heavy (non-hydrogen) atoms. The molecule has 4 aromatic rings. The average molecular weight is 410 g/mol. The summed E-state index contributed by atoms with van der Waals surface area (Å²) in [7, 11) is 1.60. The highest BCUT2D eigenvalue weighted by Gasteiger charge is 2.08. The first-order valence-electron chi connectivity index (χ1n) is 9.83. The van der Waals surface area contributed by atoms with E-state index in [1.807, 2.05) is 43.3 Å². The molecule has 6 heteroatoms. The molecule has 1 heterocycles. The molecular weight excluding hydrogens is 388 g/mol. The fourth-order valence-corrected chi connectivity index (χ4v) is 3.03. The van der Waals surface area contributed by atoms with Crippen molar-refractivity contribution in [2.24, 2.45) is 0 Å². The standard InChI is InChI=1S/C25H22N4O2/c1-17-6-8-18(9-7-17)24-26-15-14-23(29-24)27-21-5-3-4-19(16-21)25(30)28-20-10-12-22(31-2)13-11-20/h3-16H,1-2H3,(H,28,30)(H,26,27,29). The maximum absolute atomic E-state index is 12.6. The second-order valence-electron chi connectivity index (χ2n) is 7.02. The van der Waals surface area contributed by atoms with Gasteiger partial charge in [0.05, 0.1) is 7.11 Å². The van der Waals surface area contributed by atoms with Gasteiger partial charge in [0.25, 0.3) is 5.91 Å². The molecule has 1 aromatic heterocycles. The Bertz CT molecular complexity index is 1190. The van der Waals surface area contributed by atoms with Gasteiger partial charge in [-0.1, -0.05) is 35.9 Å². The minimum atomic E-state index is -0.197. The van der Waals surface area contributed by atoms with Gasteiger partial charge in [-0.25, -0.2) is 9.97 Å². The number of methoxy groups -OCH3 is 1. The summed E-state index contributed by atoms with van der Waals surface area (Å²) in [6, 6.07) is 24.3. The zero-order valence-electron chi connectivity index (χ0n) is 17.3. The summed E-state index contributed by atoms with van der Waals surface area (Å²) in [5.41, 5.74) is 4.12. The van der Waals surface area contributed by atoms with Crippen molar-refractivity contribution in [3.05, 3.63) is 96.2 Å². The van der Waals surface area contributed by atoms with Gasteiger partial charge >= 0.3 is 0 Å². The van der Waals surface area contributed by atoms with E-state index in [4.69, 9.17) is 4.74 Å². The maximum Gasteiger partial charge on any atom is 0.255 e. The van der Waals surface area contributed by atoms with Crippen LogP contribution in [-0.4, -0.2) is 23.0 Å². The number of anilines is 3. The van der Waals surface area contributed by atoms with Crippen LogP contribution >= 0.6 is 0 Å². The van der Waals surface area contributed by atoms with Crippen molar-refractivity contribution in [1.82, 2.24) is 9.97 Å². The van der Waals surface area contributed by atoms with Crippen LogP contribution in [0.5, 0.6) is 5.75 Å². The van der Waals surface area contributed by atoms with E-state index in [1.54, 1.807) is 55.8 Å². The normalized spacial score (nSPS) is 10.4. The number of hydrogen-bond acceptors (Lipinski definition) is 5. The van der Waals surface area contributed by atoms with Crippen molar-refractivity contribution < 1.29 is 9.53 Å². The topological polar surface area (TPSA) is 76.1 Å². The monoisotopic (exact) mass is 410 g/mol. The molecule has 0 radical (unpaired) electrons. The van der Waals surface area contributed by atoms with E-state index in [1.165, 1.54) is 5.56 Å². The van der Waals surface area contributed by atoms with Gasteiger partial charge < -0.3 is 15.4 Å². The van der Waals surface area contributed by atoms with Crippen LogP contribution in [0.1, 0.15) is 15.9 Å². The van der Waals surface area contributed by atoms with Gasteiger partial charge in [-0.3, -0.25) is 4.79 Å². The Labute approximate surface area is 181 Å². The molecule has 3 aromatic carbocycles. The van der Waals surface area contributed by atoms with Crippen molar-refractivity contribution in [2.75, 3.05) is 17.7 Å². The third-order valence-corrected chi connectivity index (χ3v) is 4.71. The molecule has 0 spiro atoms. The third kappa shape index (κ3) is 5.05. The molecule has 6 nitrogen and oxygen atoms in total. The number of aromatic nitrogens is 2. The lowest BCUT2D eigenvalue weighted by atomic mass is 10.1. The van der Waals surface area contributed by atoms with Gasteiger partial charge in [0, 0.05) is 28.7 Å². The smallest absolute Gasteiger partial charge is 0.255 e. The molecule has 154 valence electrons. The fraction of sp³-hybridized carbons (Fsp3) is 0.0800. The Morgan fingerprint density at radius 2 is 1.68 bits per heavy atom. The zero-order chi connectivity index (χ0) is 21.6. The highest BCUT2D eigenvalue weighted by Crippen LogP contribution is 2.21. The first-order chi connectivity index (χ1) is 15.1. The van der Waals surface area contributed by atoms with E-state index >= 15 is 0 Å². The Balaban J connectivity index is 1.48. The number of nitrogens with one attached hydrogen (secondary N) is 2. The van der Waals surface area contributed by atoms with Crippen LogP contribution in [0.25, 0.3) is 11.4 Å². The number of carbonyl (C=O) groups excluding carboxylic acids is 1. The number of carbonyl (C=O) groups is 1. The quantitative estimate of drug-likeness (QED) is 0.442. The van der Waals surface area contributed by atoms with Crippen molar-refractivity contribution in [2.45, 2.75) is 6.92 Å². The predicted molar refractivity (Wildman–Crippen MR) is 123 cm³/mol. The highest BCUT2D eigenvalue weighted by molar-refractivity contribution is 6.04. The summed E-state index contributed by atoms with van der Waals surface area (Å²) in [6.07, 6.45) is 1.71. The van der Waals surface area contributed by atoms with Gasteiger partial charge in [0.15, 0.2) is 5.82 Å². The summed E-state index contributed by atoms with van der Waals surface area (Å²) in [5.74, 6) is 1.83. The summed E-state index contributed by atoms with van der Waals surface area (Å²) < 4.78 is 5.14. The molecule has 2 N–H and O–H groups in total. The zero-order valence-corrected chi connectivity index (χ0v) is 17.3. The lowest BCUT2D eigenvalue weighted by Crippen LogP contribution is -2.12. The molecule has 0 bridgehead atoms. The molecular formula is C25H22N4O2. The first-order valence-corrected chi connectivity index (χ1v) is 9.83. The van der Waals surface area contributed by atoms with Gasteiger partial charge in [-0.05, 0) is 55.5 Å². The van der Waals surface area contributed by atoms with Crippen LogP contribution in [0.2, 0.25) is 0 Å². The second-order valence-corrected chi connectivity index (χ2v) is 7.02. The van der Waals surface area contributed by atoms with Crippen molar-refractivity contribution in [1.29, 1.82) is 0 Å². The minimum Gasteiger partial charge on any atom is -0.497 e. The number of nitrogens with zero attached hydrogens (tertiary/aromatic N) is 2. The molecule has 0 atom stereocenters. The summed E-state index contributed by atoms with van der Waals surface area (Å²) >= 11 is 0. The first kappa shape index (κ1) is 20.1. The molecule has 0 fully saturated rings. The van der Waals surface area contributed by atoms with E-state index < -0.39 is 0 Å². The van der Waals surface area contributed by atoms with E-state index in [0.29, 0.717) is 22.9 Å². The number of benzene rings is 3.